The molecule has 0 radical (unpaired) electrons. The van der Waals surface area contributed by atoms with Gasteiger partial charge in [-0.1, -0.05) is 19.1 Å². The van der Waals surface area contributed by atoms with Crippen molar-refractivity contribution in [3.63, 3.8) is 0 Å². The summed E-state index contributed by atoms with van der Waals surface area (Å²) in [7, 11) is 0. The van der Waals surface area contributed by atoms with Crippen molar-refractivity contribution in [1.82, 2.24) is 0 Å². The molecule has 3 unspecified atom stereocenters. The van der Waals surface area contributed by atoms with Crippen LogP contribution < -0.4 is 10.5 Å². The molecule has 0 saturated carbocycles. The molecule has 1 heterocycles. The zero-order valence-corrected chi connectivity index (χ0v) is 10.6. The first-order valence-corrected chi connectivity index (χ1v) is 6.32. The Balaban J connectivity index is 2.12. The maximum atomic E-state index is 6.28. The minimum Gasteiger partial charge on any atom is -0.494 e. The third-order valence-corrected chi connectivity index (χ3v) is 3.35. The summed E-state index contributed by atoms with van der Waals surface area (Å²) in [6.45, 7) is 5.68. The Labute approximate surface area is 103 Å². The lowest BCUT2D eigenvalue weighted by Crippen LogP contribution is -2.29. The summed E-state index contributed by atoms with van der Waals surface area (Å²) in [5.74, 6) is 1.41. The summed E-state index contributed by atoms with van der Waals surface area (Å²) in [6, 6.07) is 7.94. The maximum Gasteiger partial charge on any atom is 0.119 e. The minimum absolute atomic E-state index is 0.0621. The molecule has 17 heavy (non-hydrogen) atoms. The van der Waals surface area contributed by atoms with Gasteiger partial charge >= 0.3 is 0 Å². The fourth-order valence-electron chi connectivity index (χ4n) is 2.34. The largest absolute Gasteiger partial charge is 0.494 e. The summed E-state index contributed by atoms with van der Waals surface area (Å²) >= 11 is 0. The highest BCUT2D eigenvalue weighted by atomic mass is 16.5. The predicted molar refractivity (Wildman–Crippen MR) is 68.1 cm³/mol. The fourth-order valence-corrected chi connectivity index (χ4v) is 2.34. The summed E-state index contributed by atoms with van der Waals surface area (Å²) in [4.78, 5) is 0. The van der Waals surface area contributed by atoms with Gasteiger partial charge in [-0.15, -0.1) is 0 Å². The number of hydrogen-bond acceptors (Lipinski definition) is 3. The van der Waals surface area contributed by atoms with Crippen LogP contribution in [0.1, 0.15) is 31.9 Å². The van der Waals surface area contributed by atoms with Crippen molar-refractivity contribution in [3.8, 4) is 5.75 Å². The van der Waals surface area contributed by atoms with E-state index in [1.54, 1.807) is 0 Å². The van der Waals surface area contributed by atoms with Gasteiger partial charge in [0.25, 0.3) is 0 Å². The average molecular weight is 235 g/mol. The molecule has 0 spiro atoms. The summed E-state index contributed by atoms with van der Waals surface area (Å²) in [6.07, 6.45) is 1.23. The van der Waals surface area contributed by atoms with E-state index in [9.17, 15) is 0 Å². The lowest BCUT2D eigenvalue weighted by atomic mass is 9.93. The standard InChI is InChI=1S/C14H21NO2/c1-3-16-12-6-4-5-11(9-12)13(15)14-10(2)7-8-17-14/h4-6,9-10,13-14H,3,7-8,15H2,1-2H3. The summed E-state index contributed by atoms with van der Waals surface area (Å²) in [5, 5.41) is 0. The molecule has 3 nitrogen and oxygen atoms in total. The summed E-state index contributed by atoms with van der Waals surface area (Å²) < 4.78 is 11.2. The third-order valence-electron chi connectivity index (χ3n) is 3.35. The molecule has 0 amide bonds. The van der Waals surface area contributed by atoms with Crippen LogP contribution in [0.25, 0.3) is 0 Å². The second-order valence-electron chi connectivity index (χ2n) is 4.63. The van der Waals surface area contributed by atoms with Gasteiger partial charge in [-0.25, -0.2) is 0 Å². The second kappa shape index (κ2) is 5.52. The molecule has 3 heteroatoms. The van der Waals surface area contributed by atoms with E-state index in [1.165, 1.54) is 0 Å². The number of hydrogen-bond donors (Lipinski definition) is 1. The minimum atomic E-state index is -0.0621. The van der Waals surface area contributed by atoms with Crippen LogP contribution in [-0.2, 0) is 4.74 Å². The van der Waals surface area contributed by atoms with Crippen molar-refractivity contribution in [3.05, 3.63) is 29.8 Å². The Morgan fingerprint density at radius 1 is 1.53 bits per heavy atom. The van der Waals surface area contributed by atoms with E-state index in [0.29, 0.717) is 12.5 Å². The molecule has 94 valence electrons. The van der Waals surface area contributed by atoms with Crippen LogP contribution in [-0.4, -0.2) is 19.3 Å². The molecular weight excluding hydrogens is 214 g/mol. The molecule has 2 N–H and O–H groups in total. The molecule has 1 aromatic rings. The van der Waals surface area contributed by atoms with Crippen LogP contribution in [0.3, 0.4) is 0 Å². The average Bonchev–Trinajstić information content (AvgIpc) is 2.75. The van der Waals surface area contributed by atoms with Crippen molar-refractivity contribution in [2.75, 3.05) is 13.2 Å². The molecule has 1 aromatic carbocycles. The third kappa shape index (κ3) is 2.79. The van der Waals surface area contributed by atoms with E-state index in [1.807, 2.05) is 31.2 Å². The lowest BCUT2D eigenvalue weighted by molar-refractivity contribution is 0.0724. The van der Waals surface area contributed by atoms with Crippen molar-refractivity contribution in [2.45, 2.75) is 32.4 Å². The Kier molecular flexibility index (Phi) is 4.02. The molecular formula is C14H21NO2. The van der Waals surface area contributed by atoms with E-state index in [-0.39, 0.29) is 12.1 Å². The number of benzene rings is 1. The molecule has 0 aliphatic carbocycles. The van der Waals surface area contributed by atoms with Crippen molar-refractivity contribution < 1.29 is 9.47 Å². The topological polar surface area (TPSA) is 44.5 Å². The van der Waals surface area contributed by atoms with Crippen LogP contribution in [0.15, 0.2) is 24.3 Å². The molecule has 1 fully saturated rings. The SMILES string of the molecule is CCOc1cccc(C(N)C2OCCC2C)c1. The van der Waals surface area contributed by atoms with Crippen LogP contribution in [0.2, 0.25) is 0 Å². The highest BCUT2D eigenvalue weighted by molar-refractivity contribution is 5.31. The fraction of sp³-hybridized carbons (Fsp3) is 0.571. The zero-order chi connectivity index (χ0) is 12.3. The van der Waals surface area contributed by atoms with Crippen molar-refractivity contribution >= 4 is 0 Å². The Bertz CT molecular complexity index is 367. The Morgan fingerprint density at radius 2 is 2.35 bits per heavy atom. The molecule has 2 rings (SSSR count). The van der Waals surface area contributed by atoms with Gasteiger partial charge in [-0.3, -0.25) is 0 Å². The molecule has 3 atom stereocenters. The van der Waals surface area contributed by atoms with Crippen molar-refractivity contribution in [1.29, 1.82) is 0 Å². The van der Waals surface area contributed by atoms with Gasteiger partial charge in [-0.05, 0) is 37.0 Å². The summed E-state index contributed by atoms with van der Waals surface area (Å²) in [5.41, 5.74) is 7.37. The van der Waals surface area contributed by atoms with Gasteiger partial charge in [0.15, 0.2) is 0 Å². The lowest BCUT2D eigenvalue weighted by Gasteiger charge is -2.23. The van der Waals surface area contributed by atoms with Crippen LogP contribution in [0, 0.1) is 5.92 Å². The van der Waals surface area contributed by atoms with Crippen LogP contribution in [0.4, 0.5) is 0 Å². The molecule has 1 aliphatic rings. The first kappa shape index (κ1) is 12.4. The van der Waals surface area contributed by atoms with E-state index >= 15 is 0 Å². The highest BCUT2D eigenvalue weighted by Gasteiger charge is 2.30. The van der Waals surface area contributed by atoms with E-state index in [0.717, 1.165) is 24.3 Å². The number of nitrogens with two attached hydrogens (primary N) is 1. The second-order valence-corrected chi connectivity index (χ2v) is 4.63. The maximum absolute atomic E-state index is 6.28. The van der Waals surface area contributed by atoms with Gasteiger partial charge in [0.2, 0.25) is 0 Å². The predicted octanol–water partition coefficient (Wildman–Crippen LogP) is 2.51. The molecule has 0 aromatic heterocycles. The smallest absolute Gasteiger partial charge is 0.119 e. The van der Waals surface area contributed by atoms with Gasteiger partial charge < -0.3 is 15.2 Å². The van der Waals surface area contributed by atoms with Gasteiger partial charge in [-0.2, -0.15) is 0 Å². The first-order chi connectivity index (χ1) is 8.22. The zero-order valence-electron chi connectivity index (χ0n) is 10.6. The monoisotopic (exact) mass is 235 g/mol. The van der Waals surface area contributed by atoms with E-state index < -0.39 is 0 Å². The van der Waals surface area contributed by atoms with Crippen LogP contribution >= 0.6 is 0 Å². The van der Waals surface area contributed by atoms with E-state index in [4.69, 9.17) is 15.2 Å². The molecule has 0 bridgehead atoms. The Hall–Kier alpha value is -1.06. The Morgan fingerprint density at radius 3 is 3.00 bits per heavy atom. The van der Waals surface area contributed by atoms with Crippen molar-refractivity contribution in [2.24, 2.45) is 11.7 Å². The normalized spacial score (nSPS) is 25.8. The highest BCUT2D eigenvalue weighted by Crippen LogP contribution is 2.30. The number of ether oxygens (including phenoxy) is 2. The van der Waals surface area contributed by atoms with Gasteiger partial charge in [0, 0.05) is 6.61 Å². The molecule has 1 aliphatic heterocycles. The van der Waals surface area contributed by atoms with E-state index in [2.05, 4.69) is 6.92 Å². The number of rotatable bonds is 4. The first-order valence-electron chi connectivity index (χ1n) is 6.32. The quantitative estimate of drug-likeness (QED) is 0.872. The van der Waals surface area contributed by atoms with Crippen LogP contribution in [0.5, 0.6) is 5.75 Å². The van der Waals surface area contributed by atoms with Gasteiger partial charge in [0.1, 0.15) is 5.75 Å². The molecule has 1 saturated heterocycles. The van der Waals surface area contributed by atoms with Gasteiger partial charge in [0.05, 0.1) is 18.8 Å².